The van der Waals surface area contributed by atoms with Crippen molar-refractivity contribution in [1.82, 2.24) is 15.3 Å². The van der Waals surface area contributed by atoms with Gasteiger partial charge in [0.05, 0.1) is 5.69 Å². The van der Waals surface area contributed by atoms with Crippen LogP contribution in [-0.4, -0.2) is 34.3 Å². The molecule has 1 aromatic heterocycles. The van der Waals surface area contributed by atoms with Crippen LogP contribution in [0.4, 0.5) is 4.39 Å². The van der Waals surface area contributed by atoms with Crippen molar-refractivity contribution in [3.05, 3.63) is 53.9 Å². The summed E-state index contributed by atoms with van der Waals surface area (Å²) in [6, 6.07) is 7.92. The second-order valence-electron chi connectivity index (χ2n) is 4.62. The largest absolute Gasteiger partial charge is 0.488 e. The van der Waals surface area contributed by atoms with Crippen LogP contribution < -0.4 is 10.1 Å². The Bertz CT molecular complexity index is 580. The quantitative estimate of drug-likeness (QED) is 0.808. The Morgan fingerprint density at radius 2 is 2.14 bits per heavy atom. The Balaban J connectivity index is 1.70. The summed E-state index contributed by atoms with van der Waals surface area (Å²) in [5.74, 6) is 0.412. The second kappa shape index (κ2) is 7.66. The van der Waals surface area contributed by atoms with Crippen LogP contribution in [-0.2, 0) is 6.54 Å². The van der Waals surface area contributed by atoms with E-state index in [4.69, 9.17) is 4.74 Å². The number of ether oxygens (including phenoxy) is 1. The standard InChI is InChI=1S/C15H18FN3O2/c1-11-18-7-6-12(19-11)8-17-9-13(20)10-21-15-5-3-2-4-14(15)16/h2-7,13,17,20H,8-10H2,1H3. The van der Waals surface area contributed by atoms with Gasteiger partial charge in [-0.1, -0.05) is 12.1 Å². The molecule has 5 nitrogen and oxygen atoms in total. The van der Waals surface area contributed by atoms with E-state index in [0.29, 0.717) is 18.9 Å². The van der Waals surface area contributed by atoms with Crippen molar-refractivity contribution >= 4 is 0 Å². The van der Waals surface area contributed by atoms with Crippen molar-refractivity contribution in [1.29, 1.82) is 0 Å². The van der Waals surface area contributed by atoms with Gasteiger partial charge in [0.2, 0.25) is 0 Å². The van der Waals surface area contributed by atoms with Gasteiger partial charge in [-0.05, 0) is 25.1 Å². The van der Waals surface area contributed by atoms with Crippen LogP contribution >= 0.6 is 0 Å². The number of nitrogens with zero attached hydrogens (tertiary/aromatic N) is 2. The van der Waals surface area contributed by atoms with Crippen LogP contribution in [0.2, 0.25) is 0 Å². The highest BCUT2D eigenvalue weighted by molar-refractivity contribution is 5.23. The van der Waals surface area contributed by atoms with Gasteiger partial charge < -0.3 is 15.2 Å². The van der Waals surface area contributed by atoms with Crippen LogP contribution in [0, 0.1) is 12.7 Å². The molecule has 0 aliphatic carbocycles. The summed E-state index contributed by atoms with van der Waals surface area (Å²) in [6.45, 7) is 2.70. The molecule has 0 saturated carbocycles. The molecule has 0 spiro atoms. The lowest BCUT2D eigenvalue weighted by Crippen LogP contribution is -2.31. The predicted molar refractivity (Wildman–Crippen MR) is 76.4 cm³/mol. The first-order valence-corrected chi connectivity index (χ1v) is 6.70. The number of hydrogen-bond acceptors (Lipinski definition) is 5. The third-order valence-corrected chi connectivity index (χ3v) is 2.79. The molecule has 21 heavy (non-hydrogen) atoms. The molecule has 112 valence electrons. The molecule has 0 saturated heterocycles. The minimum atomic E-state index is -0.729. The lowest BCUT2D eigenvalue weighted by molar-refractivity contribution is 0.104. The van der Waals surface area contributed by atoms with Crippen molar-refractivity contribution in [2.45, 2.75) is 19.6 Å². The molecule has 0 fully saturated rings. The number of hydrogen-bond donors (Lipinski definition) is 2. The highest BCUT2D eigenvalue weighted by atomic mass is 19.1. The molecule has 0 radical (unpaired) electrons. The number of para-hydroxylation sites is 1. The number of nitrogens with one attached hydrogen (secondary N) is 1. The predicted octanol–water partition coefficient (Wildman–Crippen LogP) is 1.45. The molecule has 1 unspecified atom stereocenters. The molecular weight excluding hydrogens is 273 g/mol. The van der Waals surface area contributed by atoms with Crippen LogP contribution in [0.5, 0.6) is 5.75 Å². The minimum absolute atomic E-state index is 0.0245. The van der Waals surface area contributed by atoms with Gasteiger partial charge in [0.15, 0.2) is 11.6 Å². The smallest absolute Gasteiger partial charge is 0.165 e. The van der Waals surface area contributed by atoms with E-state index in [1.807, 2.05) is 13.0 Å². The van der Waals surface area contributed by atoms with Gasteiger partial charge in [0.25, 0.3) is 0 Å². The van der Waals surface area contributed by atoms with Crippen molar-refractivity contribution < 1.29 is 14.2 Å². The Morgan fingerprint density at radius 3 is 2.90 bits per heavy atom. The van der Waals surface area contributed by atoms with E-state index in [0.717, 1.165) is 5.69 Å². The summed E-state index contributed by atoms with van der Waals surface area (Å²) < 4.78 is 18.5. The third kappa shape index (κ3) is 5.09. The lowest BCUT2D eigenvalue weighted by Gasteiger charge is -2.13. The van der Waals surface area contributed by atoms with Gasteiger partial charge >= 0.3 is 0 Å². The van der Waals surface area contributed by atoms with E-state index in [-0.39, 0.29) is 12.4 Å². The molecule has 6 heteroatoms. The van der Waals surface area contributed by atoms with Crippen LogP contribution in [0.1, 0.15) is 11.5 Å². The second-order valence-corrected chi connectivity index (χ2v) is 4.62. The van der Waals surface area contributed by atoms with Crippen LogP contribution in [0.15, 0.2) is 36.5 Å². The number of aliphatic hydroxyl groups is 1. The minimum Gasteiger partial charge on any atom is -0.488 e. The number of rotatable bonds is 7. The lowest BCUT2D eigenvalue weighted by atomic mass is 10.3. The van der Waals surface area contributed by atoms with Gasteiger partial charge in [0.1, 0.15) is 18.5 Å². The average Bonchev–Trinajstić information content (AvgIpc) is 2.46. The number of aliphatic hydroxyl groups excluding tert-OH is 1. The third-order valence-electron chi connectivity index (χ3n) is 2.79. The Kier molecular flexibility index (Phi) is 5.59. The zero-order valence-corrected chi connectivity index (χ0v) is 11.8. The van der Waals surface area contributed by atoms with E-state index < -0.39 is 11.9 Å². The van der Waals surface area contributed by atoms with Crippen LogP contribution in [0.3, 0.4) is 0 Å². The zero-order chi connectivity index (χ0) is 15.1. The molecule has 2 rings (SSSR count). The highest BCUT2D eigenvalue weighted by Crippen LogP contribution is 2.15. The van der Waals surface area contributed by atoms with E-state index in [1.54, 1.807) is 18.3 Å². The number of benzene rings is 1. The Labute approximate surface area is 122 Å². The molecular formula is C15H18FN3O2. The topological polar surface area (TPSA) is 67.3 Å². The van der Waals surface area contributed by atoms with E-state index >= 15 is 0 Å². The van der Waals surface area contributed by atoms with Gasteiger partial charge in [-0.2, -0.15) is 0 Å². The van der Waals surface area contributed by atoms with Gasteiger partial charge in [-0.15, -0.1) is 0 Å². The van der Waals surface area contributed by atoms with Crippen molar-refractivity contribution in [2.24, 2.45) is 0 Å². The summed E-state index contributed by atoms with van der Waals surface area (Å²) in [4.78, 5) is 8.25. The van der Waals surface area contributed by atoms with Crippen molar-refractivity contribution in [3.63, 3.8) is 0 Å². The summed E-state index contributed by atoms with van der Waals surface area (Å²) in [7, 11) is 0. The highest BCUT2D eigenvalue weighted by Gasteiger charge is 2.07. The van der Waals surface area contributed by atoms with Gasteiger partial charge in [0, 0.05) is 19.3 Å². The number of aryl methyl sites for hydroxylation is 1. The molecule has 0 amide bonds. The molecule has 2 aromatic rings. The van der Waals surface area contributed by atoms with E-state index in [1.165, 1.54) is 12.1 Å². The van der Waals surface area contributed by atoms with E-state index in [2.05, 4.69) is 15.3 Å². The number of aromatic nitrogens is 2. The zero-order valence-electron chi connectivity index (χ0n) is 11.8. The number of halogens is 1. The Hall–Kier alpha value is -2.05. The van der Waals surface area contributed by atoms with Crippen molar-refractivity contribution in [2.75, 3.05) is 13.2 Å². The molecule has 0 bridgehead atoms. The molecule has 0 aliphatic rings. The molecule has 1 heterocycles. The maximum Gasteiger partial charge on any atom is 0.165 e. The maximum absolute atomic E-state index is 13.3. The summed E-state index contributed by atoms with van der Waals surface area (Å²) >= 11 is 0. The first-order chi connectivity index (χ1) is 10.1. The molecule has 0 aliphatic heterocycles. The fourth-order valence-electron chi connectivity index (χ4n) is 1.78. The van der Waals surface area contributed by atoms with Gasteiger partial charge in [-0.25, -0.2) is 14.4 Å². The van der Waals surface area contributed by atoms with Gasteiger partial charge in [-0.3, -0.25) is 0 Å². The van der Waals surface area contributed by atoms with E-state index in [9.17, 15) is 9.50 Å². The maximum atomic E-state index is 13.3. The first-order valence-electron chi connectivity index (χ1n) is 6.70. The summed E-state index contributed by atoms with van der Waals surface area (Å²) in [5, 5.41) is 12.9. The Morgan fingerprint density at radius 1 is 1.33 bits per heavy atom. The summed E-state index contributed by atoms with van der Waals surface area (Å²) in [5.41, 5.74) is 0.852. The SMILES string of the molecule is Cc1nccc(CNCC(O)COc2ccccc2F)n1. The average molecular weight is 291 g/mol. The molecule has 2 N–H and O–H groups in total. The fraction of sp³-hybridized carbons (Fsp3) is 0.333. The monoisotopic (exact) mass is 291 g/mol. The molecule has 1 atom stereocenters. The first kappa shape index (κ1) is 15.3. The summed E-state index contributed by atoms with van der Waals surface area (Å²) in [6.07, 6.45) is 0.962. The molecule has 1 aromatic carbocycles. The van der Waals surface area contributed by atoms with Crippen molar-refractivity contribution in [3.8, 4) is 5.75 Å². The normalized spacial score (nSPS) is 12.1. The fourth-order valence-corrected chi connectivity index (χ4v) is 1.78. The van der Waals surface area contributed by atoms with Crippen LogP contribution in [0.25, 0.3) is 0 Å².